The van der Waals surface area contributed by atoms with Gasteiger partial charge in [0.1, 0.15) is 0 Å². The Morgan fingerprint density at radius 3 is 1.64 bits per heavy atom. The first-order valence-corrected chi connectivity index (χ1v) is 5.11. The summed E-state index contributed by atoms with van der Waals surface area (Å²) in [6, 6.07) is 0. The zero-order valence-electron chi connectivity index (χ0n) is 10.1. The van der Waals surface area contributed by atoms with Crippen LogP contribution in [0, 0.1) is 10.8 Å². The highest BCUT2D eigenvalue weighted by molar-refractivity contribution is 6.09. The maximum absolute atomic E-state index is 11.7. The summed E-state index contributed by atoms with van der Waals surface area (Å²) < 4.78 is 0. The van der Waals surface area contributed by atoms with E-state index in [0.717, 1.165) is 5.57 Å². The zero-order valence-corrected chi connectivity index (χ0v) is 10.1. The molecule has 1 heteroatoms. The van der Waals surface area contributed by atoms with Crippen molar-refractivity contribution in [3.63, 3.8) is 0 Å². The molecular weight excluding hydrogens is 172 g/mol. The molecule has 0 aliphatic heterocycles. The topological polar surface area (TPSA) is 17.1 Å². The Hall–Kier alpha value is -0.850. The maximum atomic E-state index is 11.7. The summed E-state index contributed by atoms with van der Waals surface area (Å²) >= 11 is 0. The summed E-state index contributed by atoms with van der Waals surface area (Å²) in [7, 11) is 0. The third kappa shape index (κ3) is 1.97. The highest BCUT2D eigenvalue weighted by atomic mass is 16.1. The maximum Gasteiger partial charge on any atom is 0.182 e. The van der Waals surface area contributed by atoms with Gasteiger partial charge in [0.25, 0.3) is 0 Å². The van der Waals surface area contributed by atoms with Gasteiger partial charge in [0.05, 0.1) is 0 Å². The van der Waals surface area contributed by atoms with Gasteiger partial charge in [-0.25, -0.2) is 0 Å². The number of allylic oxidation sites excluding steroid dienone is 4. The van der Waals surface area contributed by atoms with Crippen LogP contribution in [0.15, 0.2) is 23.3 Å². The van der Waals surface area contributed by atoms with Crippen LogP contribution in [0.5, 0.6) is 0 Å². The van der Waals surface area contributed by atoms with Crippen LogP contribution in [0.1, 0.15) is 41.5 Å². The molecule has 0 atom stereocenters. The Labute approximate surface area is 86.9 Å². The van der Waals surface area contributed by atoms with Crippen molar-refractivity contribution >= 4 is 5.78 Å². The molecule has 0 aromatic rings. The van der Waals surface area contributed by atoms with E-state index in [1.54, 1.807) is 6.08 Å². The van der Waals surface area contributed by atoms with Gasteiger partial charge in [0, 0.05) is 5.57 Å². The third-order valence-electron chi connectivity index (χ3n) is 2.48. The van der Waals surface area contributed by atoms with Crippen molar-refractivity contribution in [3.8, 4) is 0 Å². The zero-order chi connectivity index (χ0) is 11.1. The summed E-state index contributed by atoms with van der Waals surface area (Å²) in [5.74, 6) is 0.183. The predicted molar refractivity (Wildman–Crippen MR) is 60.1 cm³/mol. The molecule has 0 bridgehead atoms. The van der Waals surface area contributed by atoms with E-state index in [1.807, 2.05) is 6.08 Å². The average Bonchev–Trinajstić information content (AvgIpc) is 2.27. The monoisotopic (exact) mass is 192 g/mol. The Morgan fingerprint density at radius 2 is 1.36 bits per heavy atom. The van der Waals surface area contributed by atoms with Crippen LogP contribution < -0.4 is 0 Å². The summed E-state index contributed by atoms with van der Waals surface area (Å²) in [5.41, 5.74) is 2.18. The fraction of sp³-hybridized carbons (Fsp3) is 0.615. The first-order chi connectivity index (χ1) is 6.14. The van der Waals surface area contributed by atoms with E-state index in [9.17, 15) is 4.79 Å². The minimum absolute atomic E-state index is 0.0524. The van der Waals surface area contributed by atoms with Crippen LogP contribution in [-0.4, -0.2) is 5.78 Å². The van der Waals surface area contributed by atoms with Crippen LogP contribution in [-0.2, 0) is 4.79 Å². The Balaban J connectivity index is 3.29. The van der Waals surface area contributed by atoms with E-state index in [1.165, 1.54) is 5.57 Å². The van der Waals surface area contributed by atoms with Crippen molar-refractivity contribution in [1.29, 1.82) is 0 Å². The summed E-state index contributed by atoms with van der Waals surface area (Å²) in [5, 5.41) is 0. The molecular formula is C13H20O. The number of hydrogen-bond acceptors (Lipinski definition) is 1. The lowest BCUT2D eigenvalue weighted by Gasteiger charge is -2.27. The van der Waals surface area contributed by atoms with Crippen LogP contribution in [0.2, 0.25) is 0 Å². The molecule has 0 amide bonds. The van der Waals surface area contributed by atoms with Crippen LogP contribution in [0.3, 0.4) is 0 Å². The lowest BCUT2D eigenvalue weighted by Crippen LogP contribution is -2.20. The molecule has 78 valence electrons. The van der Waals surface area contributed by atoms with Crippen molar-refractivity contribution < 1.29 is 4.79 Å². The van der Waals surface area contributed by atoms with Gasteiger partial charge in [-0.2, -0.15) is 0 Å². The number of rotatable bonds is 0. The second-order valence-electron chi connectivity index (χ2n) is 5.99. The molecule has 14 heavy (non-hydrogen) atoms. The van der Waals surface area contributed by atoms with Gasteiger partial charge in [0.2, 0.25) is 0 Å². The smallest absolute Gasteiger partial charge is 0.182 e. The van der Waals surface area contributed by atoms with Crippen molar-refractivity contribution in [2.45, 2.75) is 41.5 Å². The van der Waals surface area contributed by atoms with Gasteiger partial charge < -0.3 is 0 Å². The fourth-order valence-corrected chi connectivity index (χ4v) is 1.86. The molecule has 0 heterocycles. The molecule has 0 N–H and O–H groups in total. The van der Waals surface area contributed by atoms with Gasteiger partial charge in [-0.05, 0) is 22.5 Å². The quantitative estimate of drug-likeness (QED) is 0.574. The number of carbonyl (C=O) groups is 1. The molecule has 1 aliphatic carbocycles. The molecule has 1 rings (SSSR count). The number of hydrogen-bond donors (Lipinski definition) is 0. The van der Waals surface area contributed by atoms with E-state index >= 15 is 0 Å². The van der Waals surface area contributed by atoms with Crippen molar-refractivity contribution in [2.75, 3.05) is 0 Å². The average molecular weight is 192 g/mol. The first kappa shape index (κ1) is 11.2. The van der Waals surface area contributed by atoms with Crippen molar-refractivity contribution in [2.24, 2.45) is 10.8 Å². The highest BCUT2D eigenvalue weighted by Gasteiger charge is 2.33. The molecule has 0 unspecified atom stereocenters. The number of carbonyl (C=O) groups excluding carboxylic acids is 1. The lowest BCUT2D eigenvalue weighted by atomic mass is 9.76. The highest BCUT2D eigenvalue weighted by Crippen LogP contribution is 2.40. The molecule has 0 saturated carbocycles. The largest absolute Gasteiger partial charge is 0.290 e. The van der Waals surface area contributed by atoms with Gasteiger partial charge in [-0.15, -0.1) is 0 Å². The normalized spacial score (nSPS) is 18.3. The van der Waals surface area contributed by atoms with Gasteiger partial charge in [-0.3, -0.25) is 4.79 Å². The summed E-state index contributed by atoms with van der Waals surface area (Å²) in [6.07, 6.45) is 3.67. The van der Waals surface area contributed by atoms with E-state index in [0.29, 0.717) is 0 Å². The molecule has 0 aromatic heterocycles. The predicted octanol–water partition coefficient (Wildman–Crippen LogP) is 3.51. The summed E-state index contributed by atoms with van der Waals surface area (Å²) in [6.45, 7) is 12.7. The van der Waals surface area contributed by atoms with Gasteiger partial charge in [0.15, 0.2) is 5.78 Å². The van der Waals surface area contributed by atoms with Gasteiger partial charge in [-0.1, -0.05) is 47.6 Å². The second kappa shape index (κ2) is 3.08. The minimum Gasteiger partial charge on any atom is -0.290 e. The number of ketones is 1. The summed E-state index contributed by atoms with van der Waals surface area (Å²) in [4.78, 5) is 11.7. The van der Waals surface area contributed by atoms with E-state index < -0.39 is 0 Å². The fourth-order valence-electron chi connectivity index (χ4n) is 1.86. The Morgan fingerprint density at radius 1 is 0.857 bits per heavy atom. The first-order valence-electron chi connectivity index (χ1n) is 5.11. The minimum atomic E-state index is -0.0524. The molecule has 1 aliphatic rings. The van der Waals surface area contributed by atoms with Crippen LogP contribution in [0.4, 0.5) is 0 Å². The molecule has 0 radical (unpaired) electrons. The van der Waals surface area contributed by atoms with E-state index in [-0.39, 0.29) is 16.6 Å². The van der Waals surface area contributed by atoms with Crippen LogP contribution >= 0.6 is 0 Å². The Kier molecular flexibility index (Phi) is 2.47. The van der Waals surface area contributed by atoms with Crippen LogP contribution in [0.25, 0.3) is 0 Å². The van der Waals surface area contributed by atoms with Crippen molar-refractivity contribution in [1.82, 2.24) is 0 Å². The molecule has 0 spiro atoms. The third-order valence-corrected chi connectivity index (χ3v) is 2.48. The second-order valence-corrected chi connectivity index (χ2v) is 5.99. The molecule has 0 saturated heterocycles. The van der Waals surface area contributed by atoms with E-state index in [4.69, 9.17) is 0 Å². The molecule has 0 aromatic carbocycles. The van der Waals surface area contributed by atoms with Crippen molar-refractivity contribution in [3.05, 3.63) is 23.3 Å². The SMILES string of the molecule is CC(C)(C)C1=C(C(C)(C)C)C(=O)C=C1. The Bertz CT molecular complexity index is 300. The molecule has 1 nitrogen and oxygen atoms in total. The van der Waals surface area contributed by atoms with E-state index in [2.05, 4.69) is 41.5 Å². The molecule has 0 fully saturated rings. The lowest BCUT2D eigenvalue weighted by molar-refractivity contribution is -0.112. The van der Waals surface area contributed by atoms with Gasteiger partial charge >= 0.3 is 0 Å². The standard InChI is InChI=1S/C13H20O/c1-12(2,3)9-7-8-10(14)11(9)13(4,5)6/h7-8H,1-6H3.